The number of esters is 3. The summed E-state index contributed by atoms with van der Waals surface area (Å²) in [7, 11) is 0. The summed E-state index contributed by atoms with van der Waals surface area (Å²) < 4.78 is 90.3. The highest BCUT2D eigenvalue weighted by molar-refractivity contribution is 5.77. The van der Waals surface area contributed by atoms with Gasteiger partial charge in [-0.3, -0.25) is 9.59 Å². The lowest BCUT2D eigenvalue weighted by atomic mass is 9.86. The van der Waals surface area contributed by atoms with Crippen molar-refractivity contribution in [1.29, 1.82) is 0 Å². The highest BCUT2D eigenvalue weighted by atomic mass is 19.4. The van der Waals surface area contributed by atoms with E-state index in [0.29, 0.717) is 19.8 Å². The quantitative estimate of drug-likeness (QED) is 0.291. The number of hydrogen-bond donors (Lipinski definition) is 0. The molecule has 1 aliphatic carbocycles. The lowest BCUT2D eigenvalue weighted by molar-refractivity contribution is -0.355. The highest BCUT2D eigenvalue weighted by Gasteiger charge is 2.54. The number of carbonyl (C=O) groups excluding carboxylic acids is 3. The second-order valence-corrected chi connectivity index (χ2v) is 8.38. The van der Waals surface area contributed by atoms with Crippen LogP contribution in [-0.4, -0.2) is 68.3 Å². The van der Waals surface area contributed by atoms with Gasteiger partial charge in [-0.1, -0.05) is 6.92 Å². The van der Waals surface area contributed by atoms with Crippen LogP contribution < -0.4 is 0 Å². The van der Waals surface area contributed by atoms with Crippen LogP contribution in [0.3, 0.4) is 0 Å². The van der Waals surface area contributed by atoms with E-state index >= 15 is 0 Å². The van der Waals surface area contributed by atoms with Crippen molar-refractivity contribution in [2.24, 2.45) is 5.41 Å². The molecule has 1 saturated heterocycles. The van der Waals surface area contributed by atoms with Crippen molar-refractivity contribution < 1.29 is 60.0 Å². The first-order valence-electron chi connectivity index (χ1n) is 10.5. The van der Waals surface area contributed by atoms with E-state index in [2.05, 4.69) is 0 Å². The van der Waals surface area contributed by atoms with Crippen molar-refractivity contribution in [2.75, 3.05) is 26.4 Å². The smallest absolute Gasteiger partial charge is 0.399 e. The molecule has 13 heteroatoms. The normalized spacial score (nSPS) is 28.3. The molecule has 1 unspecified atom stereocenters. The fourth-order valence-corrected chi connectivity index (χ4v) is 3.42. The number of rotatable bonds is 8. The lowest BCUT2D eigenvalue weighted by Gasteiger charge is -2.49. The maximum atomic E-state index is 13.3. The molecule has 0 aromatic heterocycles. The monoisotopic (exact) mass is 490 g/mol. The Morgan fingerprint density at radius 2 is 1.55 bits per heavy atom. The van der Waals surface area contributed by atoms with Gasteiger partial charge >= 0.3 is 30.0 Å². The molecule has 8 nitrogen and oxygen atoms in total. The van der Waals surface area contributed by atoms with E-state index in [0.717, 1.165) is 0 Å². The van der Waals surface area contributed by atoms with Crippen molar-refractivity contribution >= 4 is 17.9 Å². The zero-order valence-corrected chi connectivity index (χ0v) is 18.3. The van der Waals surface area contributed by atoms with E-state index in [1.807, 2.05) is 0 Å². The Balaban J connectivity index is 2.12. The lowest BCUT2D eigenvalue weighted by Crippen LogP contribution is -2.60. The van der Waals surface area contributed by atoms with E-state index in [4.69, 9.17) is 23.7 Å². The minimum Gasteiger partial charge on any atom is -0.465 e. The van der Waals surface area contributed by atoms with Crippen LogP contribution in [0.1, 0.15) is 52.4 Å². The number of halogens is 5. The molecule has 0 aromatic rings. The van der Waals surface area contributed by atoms with Gasteiger partial charge in [0.05, 0.1) is 18.6 Å². The van der Waals surface area contributed by atoms with E-state index in [1.165, 1.54) is 6.92 Å². The Bertz CT molecular complexity index is 710. The summed E-state index contributed by atoms with van der Waals surface area (Å²) in [6.07, 6.45) is -6.13. The van der Waals surface area contributed by atoms with Crippen LogP contribution in [0.4, 0.5) is 22.0 Å². The molecule has 2 fully saturated rings. The van der Waals surface area contributed by atoms with Crippen molar-refractivity contribution in [2.45, 2.75) is 76.4 Å². The number of alkyl halides is 5. The molecular formula is C20H27F5O8. The summed E-state index contributed by atoms with van der Waals surface area (Å²) in [5.74, 6) is -9.15. The topological polar surface area (TPSA) is 97.4 Å². The van der Waals surface area contributed by atoms with Crippen LogP contribution in [0.15, 0.2) is 0 Å². The molecule has 1 spiro atoms. The van der Waals surface area contributed by atoms with Gasteiger partial charge in [0.1, 0.15) is 19.6 Å². The summed E-state index contributed by atoms with van der Waals surface area (Å²) in [6.45, 7) is 0.334. The number of hydrogen-bond acceptors (Lipinski definition) is 8. The van der Waals surface area contributed by atoms with Crippen molar-refractivity contribution in [3.63, 3.8) is 0 Å². The van der Waals surface area contributed by atoms with Gasteiger partial charge in [-0.15, -0.1) is 0 Å². The molecule has 1 aliphatic heterocycles. The van der Waals surface area contributed by atoms with E-state index < -0.39 is 60.3 Å². The van der Waals surface area contributed by atoms with Crippen LogP contribution in [0, 0.1) is 5.41 Å². The Morgan fingerprint density at radius 3 is 2.06 bits per heavy atom. The third-order valence-corrected chi connectivity index (χ3v) is 5.30. The Morgan fingerprint density at radius 1 is 0.970 bits per heavy atom. The van der Waals surface area contributed by atoms with Gasteiger partial charge in [0.2, 0.25) is 5.79 Å². The first-order valence-corrected chi connectivity index (χ1v) is 10.5. The van der Waals surface area contributed by atoms with Gasteiger partial charge in [-0.25, -0.2) is 4.79 Å². The predicted octanol–water partition coefficient (Wildman–Crippen LogP) is 3.31. The molecule has 1 saturated carbocycles. The number of ether oxygens (including phenoxy) is 5. The zero-order chi connectivity index (χ0) is 24.9. The maximum absolute atomic E-state index is 13.3. The molecule has 2 aliphatic rings. The van der Waals surface area contributed by atoms with Gasteiger partial charge in [-0.05, 0) is 19.3 Å². The summed E-state index contributed by atoms with van der Waals surface area (Å²) in [5.41, 5.74) is -1.34. The maximum Gasteiger partial charge on any atom is 0.399 e. The summed E-state index contributed by atoms with van der Waals surface area (Å²) in [4.78, 5) is 34.8. The Labute approximate surface area is 187 Å². The molecule has 0 N–H and O–H groups in total. The van der Waals surface area contributed by atoms with Gasteiger partial charge in [0.15, 0.2) is 6.10 Å². The Hall–Kier alpha value is -2.02. The minimum absolute atomic E-state index is 0.0266. The van der Waals surface area contributed by atoms with Gasteiger partial charge < -0.3 is 23.7 Å². The van der Waals surface area contributed by atoms with Crippen LogP contribution in [0.2, 0.25) is 0 Å². The highest BCUT2D eigenvalue weighted by Crippen LogP contribution is 2.42. The molecule has 0 amide bonds. The molecule has 0 bridgehead atoms. The minimum atomic E-state index is -4.76. The third kappa shape index (κ3) is 7.76. The third-order valence-electron chi connectivity index (χ3n) is 5.30. The Kier molecular flexibility index (Phi) is 8.66. The van der Waals surface area contributed by atoms with Crippen LogP contribution in [-0.2, 0) is 38.1 Å². The predicted molar refractivity (Wildman–Crippen MR) is 98.9 cm³/mol. The summed E-state index contributed by atoms with van der Waals surface area (Å²) >= 11 is 0. The summed E-state index contributed by atoms with van der Waals surface area (Å²) in [5, 5.41) is 0. The van der Waals surface area contributed by atoms with Crippen LogP contribution >= 0.6 is 0 Å². The van der Waals surface area contributed by atoms with Gasteiger partial charge in [0, 0.05) is 19.8 Å². The molecule has 0 aromatic carbocycles. The van der Waals surface area contributed by atoms with Gasteiger partial charge in [0.25, 0.3) is 0 Å². The average molecular weight is 490 g/mol. The van der Waals surface area contributed by atoms with Crippen LogP contribution in [0.5, 0.6) is 0 Å². The van der Waals surface area contributed by atoms with E-state index in [9.17, 15) is 36.3 Å². The van der Waals surface area contributed by atoms with Crippen LogP contribution in [0.25, 0.3) is 0 Å². The molecule has 1 atom stereocenters. The molecule has 1 heterocycles. The molecule has 190 valence electrons. The molecule has 2 rings (SSSR count). The van der Waals surface area contributed by atoms with Crippen molar-refractivity contribution in [3.8, 4) is 0 Å². The van der Waals surface area contributed by atoms with Crippen molar-refractivity contribution in [3.05, 3.63) is 0 Å². The molecule has 33 heavy (non-hydrogen) atoms. The first kappa shape index (κ1) is 27.2. The molecular weight excluding hydrogens is 463 g/mol. The van der Waals surface area contributed by atoms with E-state index in [1.54, 1.807) is 0 Å². The van der Waals surface area contributed by atoms with Gasteiger partial charge in [-0.2, -0.15) is 22.0 Å². The second-order valence-electron chi connectivity index (χ2n) is 8.38. The fourth-order valence-electron chi connectivity index (χ4n) is 3.42. The average Bonchev–Trinajstić information content (AvgIpc) is 2.72. The second kappa shape index (κ2) is 10.5. The van der Waals surface area contributed by atoms with E-state index in [-0.39, 0.29) is 39.1 Å². The SMILES string of the molecule is CCC(=O)OCC1(COC(=O)CC(F)(F)F)COC2(CCCCC2OC(=O)C(C)(F)F)OC1. The van der Waals surface area contributed by atoms with Crippen molar-refractivity contribution in [1.82, 2.24) is 0 Å². The molecule has 0 radical (unpaired) electrons. The standard InChI is InChI=1S/C20H27F5O8/c1-3-14(26)29-9-18(10-30-15(27)8-20(23,24)25)11-31-19(32-12-18)7-5-4-6-13(19)33-16(28)17(2,21)22/h13H,3-12H2,1-2H3. The summed E-state index contributed by atoms with van der Waals surface area (Å²) in [6, 6.07) is 0. The fraction of sp³-hybridized carbons (Fsp3) is 0.850. The number of carbonyl (C=O) groups is 3. The first-order chi connectivity index (χ1) is 15.2. The zero-order valence-electron chi connectivity index (χ0n) is 18.3. The largest absolute Gasteiger partial charge is 0.465 e.